The van der Waals surface area contributed by atoms with E-state index < -0.39 is 10.0 Å². The zero-order valence-electron chi connectivity index (χ0n) is 17.0. The Labute approximate surface area is 173 Å². The average molecular weight is 416 g/mol. The van der Waals surface area contributed by atoms with Crippen molar-refractivity contribution in [2.45, 2.75) is 26.1 Å². The topological polar surface area (TPSA) is 83.7 Å². The van der Waals surface area contributed by atoms with Crippen molar-refractivity contribution in [2.24, 2.45) is 17.6 Å². The van der Waals surface area contributed by atoms with Gasteiger partial charge in [0.25, 0.3) is 0 Å². The summed E-state index contributed by atoms with van der Waals surface area (Å²) < 4.78 is 27.7. The Morgan fingerprint density at radius 2 is 1.69 bits per heavy atom. The van der Waals surface area contributed by atoms with Crippen LogP contribution in [0.25, 0.3) is 0 Å². The van der Waals surface area contributed by atoms with E-state index >= 15 is 0 Å². The van der Waals surface area contributed by atoms with Crippen LogP contribution >= 0.6 is 0 Å². The maximum absolute atomic E-state index is 13.0. The SMILES string of the molecule is CC(C)CN(Cc1ccc(N2CC(C(N)=O)C2)cc1)S(=O)(=O)Cc1ccccc1. The summed E-state index contributed by atoms with van der Waals surface area (Å²) in [7, 11) is -3.43. The Hall–Kier alpha value is -2.38. The highest BCUT2D eigenvalue weighted by molar-refractivity contribution is 7.88. The van der Waals surface area contributed by atoms with Gasteiger partial charge in [-0.2, -0.15) is 4.31 Å². The molecule has 0 saturated carbocycles. The van der Waals surface area contributed by atoms with E-state index in [0.717, 1.165) is 16.8 Å². The standard InChI is InChI=1S/C22H29N3O3S/c1-17(2)12-25(29(27,28)16-19-6-4-3-5-7-19)13-18-8-10-21(11-9-18)24-14-20(15-24)22(23)26/h3-11,17,20H,12-16H2,1-2H3,(H2,23,26). The number of nitrogens with zero attached hydrogens (tertiary/aromatic N) is 2. The highest BCUT2D eigenvalue weighted by Gasteiger charge is 2.31. The van der Waals surface area contributed by atoms with E-state index in [0.29, 0.717) is 26.2 Å². The molecule has 0 bridgehead atoms. The molecule has 0 atom stereocenters. The summed E-state index contributed by atoms with van der Waals surface area (Å²) in [5.41, 5.74) is 8.08. The van der Waals surface area contributed by atoms with Crippen molar-refractivity contribution in [2.75, 3.05) is 24.5 Å². The van der Waals surface area contributed by atoms with Gasteiger partial charge in [-0.15, -0.1) is 0 Å². The third-order valence-corrected chi connectivity index (χ3v) is 6.86. The maximum Gasteiger partial charge on any atom is 0.224 e. The lowest BCUT2D eigenvalue weighted by molar-refractivity contribution is -0.122. The molecule has 0 radical (unpaired) electrons. The first-order valence-electron chi connectivity index (χ1n) is 9.89. The Balaban J connectivity index is 1.69. The fraction of sp³-hybridized carbons (Fsp3) is 0.409. The van der Waals surface area contributed by atoms with Gasteiger partial charge >= 0.3 is 0 Å². The lowest BCUT2D eigenvalue weighted by Crippen LogP contribution is -2.52. The largest absolute Gasteiger partial charge is 0.370 e. The van der Waals surface area contributed by atoms with Crippen molar-refractivity contribution >= 4 is 21.6 Å². The highest BCUT2D eigenvalue weighted by Crippen LogP contribution is 2.25. The third-order valence-electron chi connectivity index (χ3n) is 5.10. The van der Waals surface area contributed by atoms with Gasteiger partial charge in [0.2, 0.25) is 15.9 Å². The van der Waals surface area contributed by atoms with E-state index in [-0.39, 0.29) is 23.5 Å². The van der Waals surface area contributed by atoms with Crippen LogP contribution in [0.4, 0.5) is 5.69 Å². The quantitative estimate of drug-likeness (QED) is 0.682. The fourth-order valence-electron chi connectivity index (χ4n) is 3.45. The Morgan fingerprint density at radius 1 is 1.07 bits per heavy atom. The molecule has 2 aromatic rings. The van der Waals surface area contributed by atoms with Gasteiger partial charge in [-0.1, -0.05) is 56.3 Å². The molecule has 1 saturated heterocycles. The summed E-state index contributed by atoms with van der Waals surface area (Å²) in [5, 5.41) is 0. The molecular weight excluding hydrogens is 386 g/mol. The van der Waals surface area contributed by atoms with E-state index in [1.807, 2.05) is 68.4 Å². The molecule has 1 aliphatic rings. The van der Waals surface area contributed by atoms with Gasteiger partial charge < -0.3 is 10.6 Å². The fourth-order valence-corrected chi connectivity index (χ4v) is 5.11. The van der Waals surface area contributed by atoms with E-state index in [1.165, 1.54) is 0 Å². The summed E-state index contributed by atoms with van der Waals surface area (Å²) >= 11 is 0. The first-order chi connectivity index (χ1) is 13.7. The summed E-state index contributed by atoms with van der Waals surface area (Å²) in [4.78, 5) is 13.3. The zero-order valence-corrected chi connectivity index (χ0v) is 17.8. The second kappa shape index (κ2) is 8.97. The molecule has 3 rings (SSSR count). The summed E-state index contributed by atoms with van der Waals surface area (Å²) in [5.74, 6) is -0.113. The van der Waals surface area contributed by atoms with Gasteiger partial charge in [0.1, 0.15) is 0 Å². The number of primary amides is 1. The first kappa shape index (κ1) is 21.3. The van der Waals surface area contributed by atoms with Gasteiger partial charge in [0.05, 0.1) is 11.7 Å². The predicted octanol–water partition coefficient (Wildman–Crippen LogP) is 2.60. The summed E-state index contributed by atoms with van der Waals surface area (Å²) in [6, 6.07) is 17.1. The Morgan fingerprint density at radius 3 is 2.24 bits per heavy atom. The van der Waals surface area contributed by atoms with Crippen LogP contribution in [-0.2, 0) is 27.1 Å². The van der Waals surface area contributed by atoms with E-state index in [4.69, 9.17) is 5.73 Å². The minimum absolute atomic E-state index is 0.000920. The molecule has 7 heteroatoms. The Kier molecular flexibility index (Phi) is 6.59. The van der Waals surface area contributed by atoms with Crippen LogP contribution in [0.1, 0.15) is 25.0 Å². The number of carbonyl (C=O) groups excluding carboxylic acids is 1. The molecule has 2 aromatic carbocycles. The van der Waals surface area contributed by atoms with Gasteiger partial charge in [-0.25, -0.2) is 8.42 Å². The molecular formula is C22H29N3O3S. The van der Waals surface area contributed by atoms with Crippen molar-refractivity contribution in [3.8, 4) is 0 Å². The number of rotatable bonds is 9. The molecule has 1 amide bonds. The molecule has 1 aliphatic heterocycles. The number of nitrogens with two attached hydrogens (primary N) is 1. The number of sulfonamides is 1. The van der Waals surface area contributed by atoms with Crippen LogP contribution in [0.15, 0.2) is 54.6 Å². The number of hydrogen-bond acceptors (Lipinski definition) is 4. The number of carbonyl (C=O) groups is 1. The van der Waals surface area contributed by atoms with Crippen molar-refractivity contribution in [3.63, 3.8) is 0 Å². The zero-order chi connectivity index (χ0) is 21.0. The second-order valence-corrected chi connectivity index (χ2v) is 10.1. The van der Waals surface area contributed by atoms with Crippen molar-refractivity contribution in [1.82, 2.24) is 4.31 Å². The molecule has 29 heavy (non-hydrogen) atoms. The molecule has 0 unspecified atom stereocenters. The minimum Gasteiger partial charge on any atom is -0.370 e. The van der Waals surface area contributed by atoms with Crippen molar-refractivity contribution in [1.29, 1.82) is 0 Å². The van der Waals surface area contributed by atoms with Crippen LogP contribution < -0.4 is 10.6 Å². The molecule has 2 N–H and O–H groups in total. The number of amides is 1. The monoisotopic (exact) mass is 415 g/mol. The van der Waals surface area contributed by atoms with Gasteiger partial charge in [0, 0.05) is 31.9 Å². The van der Waals surface area contributed by atoms with Crippen LogP contribution in [-0.4, -0.2) is 38.3 Å². The summed E-state index contributed by atoms with van der Waals surface area (Å²) in [6.45, 7) is 6.14. The molecule has 156 valence electrons. The van der Waals surface area contributed by atoms with Crippen molar-refractivity contribution < 1.29 is 13.2 Å². The molecule has 0 spiro atoms. The molecule has 1 fully saturated rings. The second-order valence-electron chi connectivity index (χ2n) is 8.10. The van der Waals surface area contributed by atoms with E-state index in [2.05, 4.69) is 4.90 Å². The number of hydrogen-bond donors (Lipinski definition) is 1. The molecule has 1 heterocycles. The minimum atomic E-state index is -3.43. The maximum atomic E-state index is 13.0. The molecule has 0 aromatic heterocycles. The smallest absolute Gasteiger partial charge is 0.224 e. The average Bonchev–Trinajstić information content (AvgIpc) is 2.61. The first-order valence-corrected chi connectivity index (χ1v) is 11.5. The lowest BCUT2D eigenvalue weighted by atomic mass is 9.98. The van der Waals surface area contributed by atoms with Crippen LogP contribution in [0.2, 0.25) is 0 Å². The number of anilines is 1. The van der Waals surface area contributed by atoms with Crippen LogP contribution in [0.3, 0.4) is 0 Å². The normalized spacial score (nSPS) is 15.0. The van der Waals surface area contributed by atoms with Gasteiger partial charge in [-0.05, 0) is 29.2 Å². The van der Waals surface area contributed by atoms with Crippen LogP contribution in [0, 0.1) is 11.8 Å². The van der Waals surface area contributed by atoms with Crippen LogP contribution in [0.5, 0.6) is 0 Å². The lowest BCUT2D eigenvalue weighted by Gasteiger charge is -2.39. The van der Waals surface area contributed by atoms with Gasteiger partial charge in [-0.3, -0.25) is 4.79 Å². The third kappa shape index (κ3) is 5.58. The molecule has 0 aliphatic carbocycles. The van der Waals surface area contributed by atoms with Gasteiger partial charge in [0.15, 0.2) is 0 Å². The van der Waals surface area contributed by atoms with E-state index in [9.17, 15) is 13.2 Å². The molecule has 6 nitrogen and oxygen atoms in total. The summed E-state index contributed by atoms with van der Waals surface area (Å²) in [6.07, 6.45) is 0. The Bertz CT molecular complexity index is 922. The van der Waals surface area contributed by atoms with Crippen molar-refractivity contribution in [3.05, 3.63) is 65.7 Å². The van der Waals surface area contributed by atoms with E-state index in [1.54, 1.807) is 4.31 Å². The highest BCUT2D eigenvalue weighted by atomic mass is 32.2. The number of benzene rings is 2. The predicted molar refractivity (Wildman–Crippen MR) is 116 cm³/mol.